The van der Waals surface area contributed by atoms with Crippen molar-refractivity contribution in [3.05, 3.63) is 75.1 Å². The van der Waals surface area contributed by atoms with Crippen molar-refractivity contribution in [1.82, 2.24) is 0 Å². The first-order valence-corrected chi connectivity index (χ1v) is 8.44. The summed E-state index contributed by atoms with van der Waals surface area (Å²) in [5.74, 6) is 0.414. The van der Waals surface area contributed by atoms with Gasteiger partial charge in [-0.15, -0.1) is 0 Å². The van der Waals surface area contributed by atoms with E-state index < -0.39 is 0 Å². The fraction of sp³-hybridized carbons (Fsp3) is 0.238. The highest BCUT2D eigenvalue weighted by atomic mass is 16.5. The molecule has 0 radical (unpaired) electrons. The van der Waals surface area contributed by atoms with Gasteiger partial charge in [0.25, 0.3) is 0 Å². The van der Waals surface area contributed by atoms with Crippen LogP contribution in [-0.2, 0) is 6.42 Å². The summed E-state index contributed by atoms with van der Waals surface area (Å²) in [6, 6.07) is 13.3. The lowest BCUT2D eigenvalue weighted by molar-refractivity contribution is 0.0851. The minimum atomic E-state index is -0.376. The molecule has 4 heteroatoms. The second-order valence-electron chi connectivity index (χ2n) is 6.31. The van der Waals surface area contributed by atoms with E-state index in [9.17, 15) is 9.59 Å². The maximum Gasteiger partial charge on any atom is 0.339 e. The molecule has 0 bridgehead atoms. The molecule has 0 aliphatic carbocycles. The zero-order valence-electron chi connectivity index (χ0n) is 14.2. The number of aryl methyl sites for hydroxylation is 1. The Kier molecular flexibility index (Phi) is 3.68. The van der Waals surface area contributed by atoms with Gasteiger partial charge < -0.3 is 9.15 Å². The molecule has 0 amide bonds. The van der Waals surface area contributed by atoms with Crippen LogP contribution in [0.15, 0.2) is 51.7 Å². The van der Waals surface area contributed by atoms with Gasteiger partial charge in [-0.25, -0.2) is 4.79 Å². The summed E-state index contributed by atoms with van der Waals surface area (Å²) in [4.78, 5) is 25.1. The van der Waals surface area contributed by atoms with Crippen LogP contribution in [0.5, 0.6) is 5.75 Å². The zero-order valence-corrected chi connectivity index (χ0v) is 14.2. The molecule has 0 saturated carbocycles. The molecule has 1 aromatic heterocycles. The minimum Gasteiger partial charge on any atom is -0.484 e. The third-order valence-corrected chi connectivity index (χ3v) is 4.86. The van der Waals surface area contributed by atoms with Gasteiger partial charge in [0.15, 0.2) is 11.4 Å². The monoisotopic (exact) mass is 334 g/mol. The Morgan fingerprint density at radius 1 is 1.08 bits per heavy atom. The molecule has 3 aromatic rings. The number of carbonyl (C=O) groups is 1. The number of Topliss-reactive ketones (excluding diaryl/α,β-unsaturated/α-hetero) is 1. The second kappa shape index (κ2) is 5.88. The average Bonchev–Trinajstić information content (AvgIpc) is 2.62. The molecule has 126 valence electrons. The Labute approximate surface area is 145 Å². The van der Waals surface area contributed by atoms with Crippen molar-refractivity contribution < 1.29 is 13.9 Å². The van der Waals surface area contributed by atoms with E-state index in [0.717, 1.165) is 16.5 Å². The molecule has 1 unspecified atom stereocenters. The highest BCUT2D eigenvalue weighted by Gasteiger charge is 2.31. The number of hydrogen-bond donors (Lipinski definition) is 0. The van der Waals surface area contributed by atoms with Crippen LogP contribution in [0.25, 0.3) is 11.0 Å². The summed E-state index contributed by atoms with van der Waals surface area (Å²) in [7, 11) is 0. The fourth-order valence-corrected chi connectivity index (χ4v) is 3.53. The van der Waals surface area contributed by atoms with Crippen molar-refractivity contribution in [3.8, 4) is 5.75 Å². The number of ether oxygens (including phenoxy) is 1. The van der Waals surface area contributed by atoms with E-state index in [0.29, 0.717) is 28.9 Å². The lowest BCUT2D eigenvalue weighted by Gasteiger charge is -2.26. The lowest BCUT2D eigenvalue weighted by atomic mass is 9.93. The highest BCUT2D eigenvalue weighted by molar-refractivity contribution is 6.10. The Balaban J connectivity index is 1.89. The van der Waals surface area contributed by atoms with Gasteiger partial charge in [-0.05, 0) is 36.6 Å². The summed E-state index contributed by atoms with van der Waals surface area (Å²) < 4.78 is 11.6. The van der Waals surface area contributed by atoms with Crippen LogP contribution in [-0.4, -0.2) is 5.78 Å². The summed E-state index contributed by atoms with van der Waals surface area (Å²) in [6.45, 7) is 3.81. The molecule has 0 spiro atoms. The van der Waals surface area contributed by atoms with Gasteiger partial charge in [-0.1, -0.05) is 37.3 Å². The predicted molar refractivity (Wildman–Crippen MR) is 95.4 cm³/mol. The number of hydrogen-bond acceptors (Lipinski definition) is 4. The highest BCUT2D eigenvalue weighted by Crippen LogP contribution is 2.39. The first kappa shape index (κ1) is 15.6. The van der Waals surface area contributed by atoms with Gasteiger partial charge in [0.1, 0.15) is 17.4 Å². The van der Waals surface area contributed by atoms with E-state index in [1.54, 1.807) is 6.07 Å². The smallest absolute Gasteiger partial charge is 0.339 e. The van der Waals surface area contributed by atoms with Crippen LogP contribution in [0.3, 0.4) is 0 Å². The maximum absolute atomic E-state index is 12.8. The second-order valence-corrected chi connectivity index (χ2v) is 6.31. The molecule has 0 fully saturated rings. The normalized spacial score (nSPS) is 16.6. The Morgan fingerprint density at radius 2 is 1.84 bits per heavy atom. The predicted octanol–water partition coefficient (Wildman–Crippen LogP) is 4.37. The average molecular weight is 334 g/mol. The van der Waals surface area contributed by atoms with Crippen LogP contribution in [0.4, 0.5) is 0 Å². The zero-order chi connectivity index (χ0) is 17.6. The molecular weight excluding hydrogens is 316 g/mol. The molecule has 4 nitrogen and oxygen atoms in total. The number of benzene rings is 2. The van der Waals surface area contributed by atoms with Crippen molar-refractivity contribution in [1.29, 1.82) is 0 Å². The number of rotatable bonds is 2. The molecular formula is C21H18O4. The quantitative estimate of drug-likeness (QED) is 0.653. The van der Waals surface area contributed by atoms with Crippen molar-refractivity contribution in [2.75, 3.05) is 0 Å². The lowest BCUT2D eigenvalue weighted by Crippen LogP contribution is -2.21. The van der Waals surface area contributed by atoms with E-state index in [1.165, 1.54) is 0 Å². The molecule has 2 aromatic carbocycles. The molecule has 1 aliphatic heterocycles. The van der Waals surface area contributed by atoms with Gasteiger partial charge in [0.05, 0.1) is 6.42 Å². The standard InChI is InChI=1S/C21H18O4/c1-3-14-12(2)15-9-10-17-19(20(15)25-21(14)23)16(22)11-18(24-17)13-7-5-4-6-8-13/h4-10,18H,3,11H2,1-2H3. The summed E-state index contributed by atoms with van der Waals surface area (Å²) in [5, 5.41) is 0.797. The number of fused-ring (bicyclic) bond motifs is 3. The number of ketones is 1. The molecule has 0 N–H and O–H groups in total. The van der Waals surface area contributed by atoms with Crippen LogP contribution in [0.1, 0.15) is 46.5 Å². The van der Waals surface area contributed by atoms with E-state index in [-0.39, 0.29) is 23.9 Å². The van der Waals surface area contributed by atoms with E-state index in [4.69, 9.17) is 9.15 Å². The van der Waals surface area contributed by atoms with Crippen LogP contribution < -0.4 is 10.4 Å². The SMILES string of the molecule is CCc1c(C)c2ccc3c(c2oc1=O)C(=O)CC(c1ccccc1)O3. The van der Waals surface area contributed by atoms with Crippen molar-refractivity contribution >= 4 is 16.8 Å². The van der Waals surface area contributed by atoms with Gasteiger partial charge >= 0.3 is 5.63 Å². The van der Waals surface area contributed by atoms with Crippen molar-refractivity contribution in [3.63, 3.8) is 0 Å². The van der Waals surface area contributed by atoms with Gasteiger partial charge in [-0.2, -0.15) is 0 Å². The number of carbonyl (C=O) groups excluding carboxylic acids is 1. The molecule has 4 rings (SSSR count). The molecule has 1 atom stereocenters. The molecule has 0 saturated heterocycles. The Bertz CT molecular complexity index is 1030. The van der Waals surface area contributed by atoms with Gasteiger partial charge in [0, 0.05) is 10.9 Å². The van der Waals surface area contributed by atoms with E-state index in [2.05, 4.69) is 0 Å². The molecule has 25 heavy (non-hydrogen) atoms. The Hall–Kier alpha value is -2.88. The third-order valence-electron chi connectivity index (χ3n) is 4.86. The van der Waals surface area contributed by atoms with Crippen molar-refractivity contribution in [2.24, 2.45) is 0 Å². The first-order valence-electron chi connectivity index (χ1n) is 8.44. The van der Waals surface area contributed by atoms with Crippen LogP contribution >= 0.6 is 0 Å². The topological polar surface area (TPSA) is 56.5 Å². The summed E-state index contributed by atoms with van der Waals surface area (Å²) in [6.07, 6.45) is 0.511. The van der Waals surface area contributed by atoms with Crippen LogP contribution in [0.2, 0.25) is 0 Å². The first-order chi connectivity index (χ1) is 12.1. The maximum atomic E-state index is 12.8. The fourth-order valence-electron chi connectivity index (χ4n) is 3.53. The van der Waals surface area contributed by atoms with Gasteiger partial charge in [0.2, 0.25) is 0 Å². The summed E-state index contributed by atoms with van der Waals surface area (Å²) >= 11 is 0. The van der Waals surface area contributed by atoms with E-state index >= 15 is 0 Å². The Morgan fingerprint density at radius 3 is 2.56 bits per heavy atom. The minimum absolute atomic E-state index is 0.0625. The van der Waals surface area contributed by atoms with Gasteiger partial charge in [-0.3, -0.25) is 4.79 Å². The molecule has 2 heterocycles. The third kappa shape index (κ3) is 2.45. The van der Waals surface area contributed by atoms with E-state index in [1.807, 2.05) is 50.2 Å². The largest absolute Gasteiger partial charge is 0.484 e. The van der Waals surface area contributed by atoms with Crippen molar-refractivity contribution in [2.45, 2.75) is 32.8 Å². The van der Waals surface area contributed by atoms with Crippen LogP contribution in [0, 0.1) is 6.92 Å². The molecule has 1 aliphatic rings. The summed E-state index contributed by atoms with van der Waals surface area (Å²) in [5.41, 5.74) is 2.83.